The smallest absolute Gasteiger partial charge is 0.272 e. The first kappa shape index (κ1) is 17.5. The van der Waals surface area contributed by atoms with Crippen LogP contribution >= 0.6 is 24.0 Å². The average Bonchev–Trinajstić information content (AvgIpc) is 2.83. The summed E-state index contributed by atoms with van der Waals surface area (Å²) in [6.07, 6.45) is 6.87. The molecule has 128 valence electrons. The molecule has 3 nitrogen and oxygen atoms in total. The van der Waals surface area contributed by atoms with Gasteiger partial charge in [0.05, 0.1) is 10.6 Å². The summed E-state index contributed by atoms with van der Waals surface area (Å²) in [6.45, 7) is 7.34. The molecule has 2 saturated heterocycles. The van der Waals surface area contributed by atoms with Crippen molar-refractivity contribution in [3.8, 4) is 0 Å². The number of anilines is 1. The molecule has 2 aliphatic rings. The van der Waals surface area contributed by atoms with E-state index >= 15 is 0 Å². The van der Waals surface area contributed by atoms with Gasteiger partial charge in [0.25, 0.3) is 5.91 Å². The van der Waals surface area contributed by atoms with Gasteiger partial charge in [0, 0.05) is 18.8 Å². The number of rotatable bonds is 3. The van der Waals surface area contributed by atoms with E-state index in [4.69, 9.17) is 12.2 Å². The zero-order valence-electron chi connectivity index (χ0n) is 14.5. The Balaban J connectivity index is 1.87. The van der Waals surface area contributed by atoms with Gasteiger partial charge in [-0.25, -0.2) is 0 Å². The van der Waals surface area contributed by atoms with E-state index in [-0.39, 0.29) is 5.91 Å². The summed E-state index contributed by atoms with van der Waals surface area (Å²) in [7, 11) is 0. The minimum absolute atomic E-state index is 0.0115. The molecule has 0 saturated carbocycles. The Kier molecular flexibility index (Phi) is 5.30. The van der Waals surface area contributed by atoms with Crippen molar-refractivity contribution >= 4 is 39.9 Å². The van der Waals surface area contributed by atoms with Crippen LogP contribution in [0.1, 0.15) is 43.7 Å². The maximum Gasteiger partial charge on any atom is 0.272 e. The second kappa shape index (κ2) is 7.28. The minimum Gasteiger partial charge on any atom is -0.373 e. The Morgan fingerprint density at radius 3 is 2.83 bits per heavy atom. The molecule has 0 unspecified atom stereocenters. The summed E-state index contributed by atoms with van der Waals surface area (Å²) in [4.78, 5) is 17.7. The van der Waals surface area contributed by atoms with Gasteiger partial charge in [0.1, 0.15) is 0 Å². The van der Waals surface area contributed by atoms with Crippen LogP contribution in [0, 0.1) is 13.8 Å². The third-order valence-electron chi connectivity index (χ3n) is 4.81. The Bertz CT molecular complexity index is 699. The maximum absolute atomic E-state index is 12.9. The second-order valence-electron chi connectivity index (χ2n) is 6.59. The van der Waals surface area contributed by atoms with Crippen molar-refractivity contribution in [2.45, 2.75) is 52.5 Å². The number of amides is 1. The molecule has 0 aliphatic carbocycles. The van der Waals surface area contributed by atoms with Crippen LogP contribution in [0.3, 0.4) is 0 Å². The third-order valence-corrected chi connectivity index (χ3v) is 6.10. The zero-order valence-corrected chi connectivity index (χ0v) is 16.2. The van der Waals surface area contributed by atoms with Crippen LogP contribution in [0.5, 0.6) is 0 Å². The van der Waals surface area contributed by atoms with E-state index in [9.17, 15) is 4.79 Å². The number of carbonyl (C=O) groups is 1. The molecule has 0 N–H and O–H groups in total. The summed E-state index contributed by atoms with van der Waals surface area (Å²) in [5.41, 5.74) is 3.17. The van der Waals surface area contributed by atoms with Crippen molar-refractivity contribution in [3.05, 3.63) is 40.4 Å². The molecule has 5 heteroatoms. The first-order chi connectivity index (χ1) is 11.5. The number of thioether (sulfide) groups is 1. The Morgan fingerprint density at radius 1 is 1.33 bits per heavy atom. The lowest BCUT2D eigenvalue weighted by molar-refractivity contribution is -0.113. The molecule has 24 heavy (non-hydrogen) atoms. The minimum atomic E-state index is 0.0115. The van der Waals surface area contributed by atoms with Crippen molar-refractivity contribution in [2.75, 3.05) is 11.4 Å². The van der Waals surface area contributed by atoms with E-state index in [0.717, 1.165) is 29.1 Å². The molecule has 2 heterocycles. The molecule has 2 aliphatic heterocycles. The predicted molar refractivity (Wildman–Crippen MR) is 106 cm³/mol. The molecule has 3 rings (SSSR count). The van der Waals surface area contributed by atoms with Gasteiger partial charge in [-0.05, 0) is 51.2 Å². The van der Waals surface area contributed by atoms with Crippen molar-refractivity contribution in [3.63, 3.8) is 0 Å². The molecule has 0 radical (unpaired) electrons. The van der Waals surface area contributed by atoms with E-state index in [2.05, 4.69) is 31.0 Å². The third kappa shape index (κ3) is 3.38. The van der Waals surface area contributed by atoms with Gasteiger partial charge in [0.2, 0.25) is 0 Å². The molecular weight excluding hydrogens is 336 g/mol. The van der Waals surface area contributed by atoms with Gasteiger partial charge in [-0.3, -0.25) is 9.69 Å². The number of piperidine rings is 1. The molecule has 2 fully saturated rings. The first-order valence-electron chi connectivity index (χ1n) is 8.62. The molecule has 1 amide bonds. The topological polar surface area (TPSA) is 23.6 Å². The molecule has 0 aromatic heterocycles. The van der Waals surface area contributed by atoms with Gasteiger partial charge in [0.15, 0.2) is 4.32 Å². The summed E-state index contributed by atoms with van der Waals surface area (Å²) < 4.78 is 0.628. The number of nitrogens with zero attached hydrogens (tertiary/aromatic N) is 2. The number of likely N-dealkylation sites (tertiary alicyclic amines) is 1. The molecule has 1 aromatic carbocycles. The molecule has 1 atom stereocenters. The van der Waals surface area contributed by atoms with Crippen LogP contribution in [0.25, 0.3) is 0 Å². The summed E-state index contributed by atoms with van der Waals surface area (Å²) in [6, 6.07) is 6.66. The lowest BCUT2D eigenvalue weighted by Gasteiger charge is -2.34. The Labute approximate surface area is 154 Å². The SMILES string of the molecule is CC[C@@H]1CCCCN1/C=C1\SC(=S)N(c2ccc(C)cc2C)C1=O. The lowest BCUT2D eigenvalue weighted by atomic mass is 10.0. The van der Waals surface area contributed by atoms with E-state index in [1.54, 1.807) is 4.90 Å². The van der Waals surface area contributed by atoms with Crippen LogP contribution in [-0.2, 0) is 4.79 Å². The highest BCUT2D eigenvalue weighted by Crippen LogP contribution is 2.37. The average molecular weight is 361 g/mol. The maximum atomic E-state index is 12.9. The second-order valence-corrected chi connectivity index (χ2v) is 8.26. The van der Waals surface area contributed by atoms with Crippen molar-refractivity contribution < 1.29 is 4.79 Å². The highest BCUT2D eigenvalue weighted by atomic mass is 32.2. The van der Waals surface area contributed by atoms with E-state index in [1.165, 1.54) is 36.6 Å². The molecule has 0 bridgehead atoms. The highest BCUT2D eigenvalue weighted by Gasteiger charge is 2.35. The number of hydrogen-bond donors (Lipinski definition) is 0. The number of thiocarbonyl (C=S) groups is 1. The van der Waals surface area contributed by atoms with E-state index in [0.29, 0.717) is 10.4 Å². The summed E-state index contributed by atoms with van der Waals surface area (Å²) >= 11 is 6.93. The van der Waals surface area contributed by atoms with Gasteiger partial charge in [-0.1, -0.05) is 48.6 Å². The summed E-state index contributed by atoms with van der Waals surface area (Å²) in [5, 5.41) is 0. The van der Waals surface area contributed by atoms with Crippen molar-refractivity contribution in [2.24, 2.45) is 0 Å². The number of hydrogen-bond acceptors (Lipinski definition) is 4. The van der Waals surface area contributed by atoms with Crippen molar-refractivity contribution in [1.82, 2.24) is 4.90 Å². The zero-order chi connectivity index (χ0) is 17.3. The fourth-order valence-corrected chi connectivity index (χ4v) is 4.78. The normalized spacial score (nSPS) is 23.5. The number of carbonyl (C=O) groups excluding carboxylic acids is 1. The Morgan fingerprint density at radius 2 is 2.12 bits per heavy atom. The number of aryl methyl sites for hydroxylation is 2. The largest absolute Gasteiger partial charge is 0.373 e. The summed E-state index contributed by atoms with van der Waals surface area (Å²) in [5.74, 6) is 0.0115. The van der Waals surface area contributed by atoms with Crippen LogP contribution in [0.2, 0.25) is 0 Å². The van der Waals surface area contributed by atoms with Crippen LogP contribution in [-0.4, -0.2) is 27.7 Å². The molecule has 1 aromatic rings. The monoisotopic (exact) mass is 360 g/mol. The van der Waals surface area contributed by atoms with Gasteiger partial charge < -0.3 is 4.90 Å². The van der Waals surface area contributed by atoms with Gasteiger partial charge in [-0.15, -0.1) is 0 Å². The van der Waals surface area contributed by atoms with Gasteiger partial charge >= 0.3 is 0 Å². The predicted octanol–water partition coefficient (Wildman–Crippen LogP) is 4.77. The van der Waals surface area contributed by atoms with Crippen molar-refractivity contribution in [1.29, 1.82) is 0 Å². The standard InChI is InChI=1S/C19H24N2OS2/c1-4-15-7-5-6-10-20(15)12-17-18(22)21(19(23)24-17)16-9-8-13(2)11-14(16)3/h8-9,11-12,15H,4-7,10H2,1-3H3/b17-12-/t15-/m1/s1. The van der Waals surface area contributed by atoms with Crippen LogP contribution in [0.4, 0.5) is 5.69 Å². The van der Waals surface area contributed by atoms with Crippen LogP contribution < -0.4 is 4.90 Å². The first-order valence-corrected chi connectivity index (χ1v) is 9.84. The van der Waals surface area contributed by atoms with Gasteiger partial charge in [-0.2, -0.15) is 0 Å². The fraction of sp³-hybridized carbons (Fsp3) is 0.474. The highest BCUT2D eigenvalue weighted by molar-refractivity contribution is 8.27. The number of benzene rings is 1. The lowest BCUT2D eigenvalue weighted by Crippen LogP contribution is -2.35. The fourth-order valence-electron chi connectivity index (χ4n) is 3.50. The van der Waals surface area contributed by atoms with E-state index < -0.39 is 0 Å². The van der Waals surface area contributed by atoms with Crippen LogP contribution in [0.15, 0.2) is 29.3 Å². The molecular formula is C19H24N2OS2. The quantitative estimate of drug-likeness (QED) is 0.572. The Hall–Kier alpha value is -1.33. The van der Waals surface area contributed by atoms with E-state index in [1.807, 2.05) is 19.1 Å². The molecule has 0 spiro atoms.